The maximum atomic E-state index is 11.8. The highest BCUT2D eigenvalue weighted by Crippen LogP contribution is 2.21. The number of carbonyl (C=O) groups is 4. The lowest BCUT2D eigenvalue weighted by Crippen LogP contribution is -2.15. The number of carboxylic acid groups (broad SMARTS) is 3. The Kier molecular flexibility index (Phi) is 4.58. The van der Waals surface area contributed by atoms with Gasteiger partial charge in [-0.1, -0.05) is 0 Å². The van der Waals surface area contributed by atoms with Crippen LogP contribution < -0.4 is 0 Å². The van der Waals surface area contributed by atoms with Gasteiger partial charge in [-0.15, -0.1) is 0 Å². The fourth-order valence-electron chi connectivity index (χ4n) is 1.81. The predicted molar refractivity (Wildman–Crippen MR) is 66.3 cm³/mol. The van der Waals surface area contributed by atoms with Crippen molar-refractivity contribution in [3.05, 3.63) is 34.4 Å². The van der Waals surface area contributed by atoms with Crippen molar-refractivity contribution in [1.82, 2.24) is 0 Å². The molecule has 0 aromatic heterocycles. The molecule has 1 aromatic rings. The lowest BCUT2D eigenvalue weighted by molar-refractivity contribution is -0.136. The van der Waals surface area contributed by atoms with Gasteiger partial charge in [-0.05, 0) is 24.6 Å². The topological polar surface area (TPSA) is 129 Å². The smallest absolute Gasteiger partial charge is 0.336 e. The van der Waals surface area contributed by atoms with Gasteiger partial charge < -0.3 is 15.3 Å². The molecule has 0 bridgehead atoms. The summed E-state index contributed by atoms with van der Waals surface area (Å²) in [4.78, 5) is 44.4. The predicted octanol–water partition coefficient (Wildman–Crippen LogP) is 1.44. The normalized spacial score (nSPS) is 10.1. The molecule has 20 heavy (non-hydrogen) atoms. The van der Waals surface area contributed by atoms with Crippen molar-refractivity contribution < 1.29 is 34.5 Å². The molecule has 0 atom stereocenters. The quantitative estimate of drug-likeness (QED) is 0.672. The van der Waals surface area contributed by atoms with Crippen LogP contribution in [0.1, 0.15) is 49.5 Å². The molecule has 7 heteroatoms. The van der Waals surface area contributed by atoms with Gasteiger partial charge >= 0.3 is 17.9 Å². The fourth-order valence-corrected chi connectivity index (χ4v) is 1.81. The van der Waals surface area contributed by atoms with E-state index in [4.69, 9.17) is 15.3 Å². The maximum Gasteiger partial charge on any atom is 0.336 e. The lowest BCUT2D eigenvalue weighted by Gasteiger charge is -2.10. The number of carboxylic acids is 3. The van der Waals surface area contributed by atoms with Gasteiger partial charge in [-0.3, -0.25) is 9.59 Å². The van der Waals surface area contributed by atoms with Crippen molar-refractivity contribution in [2.45, 2.75) is 19.8 Å². The van der Waals surface area contributed by atoms with Gasteiger partial charge in [0.1, 0.15) is 0 Å². The molecule has 0 fully saturated rings. The zero-order chi connectivity index (χ0) is 15.4. The molecular weight excluding hydrogens is 268 g/mol. The zero-order valence-electron chi connectivity index (χ0n) is 10.5. The minimum absolute atomic E-state index is 0.0359. The summed E-state index contributed by atoms with van der Waals surface area (Å²) in [7, 11) is 0. The van der Waals surface area contributed by atoms with E-state index in [-0.39, 0.29) is 23.1 Å². The van der Waals surface area contributed by atoms with Gasteiger partial charge in [0, 0.05) is 12.0 Å². The second-order valence-corrected chi connectivity index (χ2v) is 4.09. The van der Waals surface area contributed by atoms with E-state index in [1.807, 2.05) is 0 Å². The Morgan fingerprint density at radius 3 is 1.90 bits per heavy atom. The van der Waals surface area contributed by atoms with Gasteiger partial charge in [0.25, 0.3) is 0 Å². The van der Waals surface area contributed by atoms with Crippen LogP contribution >= 0.6 is 0 Å². The molecule has 0 saturated heterocycles. The van der Waals surface area contributed by atoms with Crippen molar-refractivity contribution in [3.8, 4) is 0 Å². The molecule has 0 unspecified atom stereocenters. The van der Waals surface area contributed by atoms with Gasteiger partial charge in [-0.25, -0.2) is 9.59 Å². The van der Waals surface area contributed by atoms with Crippen LogP contribution in [0, 0.1) is 6.92 Å². The number of ketones is 1. The molecule has 0 aliphatic heterocycles. The van der Waals surface area contributed by atoms with E-state index in [0.29, 0.717) is 0 Å². The Balaban J connectivity index is 3.30. The summed E-state index contributed by atoms with van der Waals surface area (Å²) in [5.74, 6) is -4.54. The molecule has 0 amide bonds. The molecular formula is C13H12O7. The first-order chi connectivity index (χ1) is 9.25. The van der Waals surface area contributed by atoms with Crippen LogP contribution in [0.4, 0.5) is 0 Å². The van der Waals surface area contributed by atoms with E-state index in [1.165, 1.54) is 6.92 Å². The number of rotatable bonds is 6. The number of benzene rings is 1. The molecule has 3 N–H and O–H groups in total. The molecule has 0 heterocycles. The molecule has 0 aliphatic rings. The minimum Gasteiger partial charge on any atom is -0.481 e. The Morgan fingerprint density at radius 2 is 1.45 bits per heavy atom. The number of aromatic carboxylic acids is 2. The number of hydrogen-bond acceptors (Lipinski definition) is 4. The molecule has 7 nitrogen and oxygen atoms in total. The van der Waals surface area contributed by atoms with Gasteiger partial charge in [0.2, 0.25) is 0 Å². The minimum atomic E-state index is -1.43. The van der Waals surface area contributed by atoms with E-state index < -0.39 is 35.7 Å². The summed E-state index contributed by atoms with van der Waals surface area (Å²) >= 11 is 0. The van der Waals surface area contributed by atoms with Crippen LogP contribution in [0.25, 0.3) is 0 Å². The lowest BCUT2D eigenvalue weighted by atomic mass is 9.93. The van der Waals surface area contributed by atoms with Gasteiger partial charge in [0.05, 0.1) is 17.5 Å². The standard InChI is InChI=1S/C13H12O7/c1-6-7(12(17)18)2-3-8(11(6)13(19)20)9(14)4-5-10(15)16/h2-3H,4-5H2,1H3,(H,15,16)(H,17,18)(H,19,20). The largest absolute Gasteiger partial charge is 0.481 e. The van der Waals surface area contributed by atoms with Crippen molar-refractivity contribution in [2.24, 2.45) is 0 Å². The molecule has 1 rings (SSSR count). The van der Waals surface area contributed by atoms with E-state index in [9.17, 15) is 19.2 Å². The summed E-state index contributed by atoms with van der Waals surface area (Å²) in [6, 6.07) is 2.24. The average Bonchev–Trinajstić information content (AvgIpc) is 2.34. The molecule has 1 aromatic carbocycles. The molecule has 106 valence electrons. The first-order valence-electron chi connectivity index (χ1n) is 5.61. The third-order valence-corrected chi connectivity index (χ3v) is 2.78. The second kappa shape index (κ2) is 5.96. The molecule has 0 spiro atoms. The highest BCUT2D eigenvalue weighted by atomic mass is 16.4. The summed E-state index contributed by atoms with van der Waals surface area (Å²) in [5.41, 5.74) is -0.829. The molecule has 0 saturated carbocycles. The molecule has 0 radical (unpaired) electrons. The van der Waals surface area contributed by atoms with E-state index >= 15 is 0 Å². The average molecular weight is 280 g/mol. The fraction of sp³-hybridized carbons (Fsp3) is 0.231. The van der Waals surface area contributed by atoms with Gasteiger partial charge in [-0.2, -0.15) is 0 Å². The van der Waals surface area contributed by atoms with Crippen LogP contribution in [0.3, 0.4) is 0 Å². The number of carbonyl (C=O) groups excluding carboxylic acids is 1. The summed E-state index contributed by atoms with van der Waals surface area (Å²) < 4.78 is 0. The Hall–Kier alpha value is -2.70. The van der Waals surface area contributed by atoms with Crippen LogP contribution in [0.2, 0.25) is 0 Å². The number of hydrogen-bond donors (Lipinski definition) is 3. The van der Waals surface area contributed by atoms with E-state index in [1.54, 1.807) is 0 Å². The van der Waals surface area contributed by atoms with Crippen LogP contribution in [0.5, 0.6) is 0 Å². The maximum absolute atomic E-state index is 11.8. The number of Topliss-reactive ketones (excluding diaryl/α,β-unsaturated/α-hetero) is 1. The van der Waals surface area contributed by atoms with Gasteiger partial charge in [0.15, 0.2) is 5.78 Å². The van der Waals surface area contributed by atoms with Crippen molar-refractivity contribution in [2.75, 3.05) is 0 Å². The molecule has 0 aliphatic carbocycles. The Bertz CT molecular complexity index is 601. The highest BCUT2D eigenvalue weighted by Gasteiger charge is 2.23. The summed E-state index contributed by atoms with van der Waals surface area (Å²) in [5, 5.41) is 26.6. The Morgan fingerprint density at radius 1 is 0.900 bits per heavy atom. The first-order valence-corrected chi connectivity index (χ1v) is 5.61. The summed E-state index contributed by atoms with van der Waals surface area (Å²) in [6.45, 7) is 1.29. The zero-order valence-corrected chi connectivity index (χ0v) is 10.5. The SMILES string of the molecule is Cc1c(C(=O)O)ccc(C(=O)CCC(=O)O)c1C(=O)O. The summed E-state index contributed by atoms with van der Waals surface area (Å²) in [6.07, 6.45) is -0.765. The van der Waals surface area contributed by atoms with Crippen molar-refractivity contribution in [1.29, 1.82) is 0 Å². The second-order valence-electron chi connectivity index (χ2n) is 4.09. The van der Waals surface area contributed by atoms with E-state index in [0.717, 1.165) is 12.1 Å². The third kappa shape index (κ3) is 3.19. The monoisotopic (exact) mass is 280 g/mol. The van der Waals surface area contributed by atoms with Crippen molar-refractivity contribution in [3.63, 3.8) is 0 Å². The Labute approximate surface area is 113 Å². The van der Waals surface area contributed by atoms with Crippen LogP contribution in [-0.2, 0) is 4.79 Å². The highest BCUT2D eigenvalue weighted by molar-refractivity contribution is 6.09. The van der Waals surface area contributed by atoms with E-state index in [2.05, 4.69) is 0 Å². The first kappa shape index (κ1) is 15.4. The third-order valence-electron chi connectivity index (χ3n) is 2.78. The number of aliphatic carboxylic acids is 1. The van der Waals surface area contributed by atoms with Crippen molar-refractivity contribution >= 4 is 23.7 Å². The van der Waals surface area contributed by atoms with Crippen LogP contribution in [0.15, 0.2) is 12.1 Å². The van der Waals surface area contributed by atoms with Crippen LogP contribution in [-0.4, -0.2) is 39.0 Å².